The Kier molecular flexibility index (Phi) is 6.90. The first-order chi connectivity index (χ1) is 17.2. The van der Waals surface area contributed by atoms with Gasteiger partial charge in [-0.05, 0) is 38.1 Å². The van der Waals surface area contributed by atoms with Crippen LogP contribution in [0.3, 0.4) is 0 Å². The van der Waals surface area contributed by atoms with Crippen molar-refractivity contribution >= 4 is 16.0 Å². The van der Waals surface area contributed by atoms with E-state index < -0.39 is 27.2 Å². The van der Waals surface area contributed by atoms with Crippen LogP contribution in [0.1, 0.15) is 24.6 Å². The van der Waals surface area contributed by atoms with Crippen LogP contribution in [0.4, 0.5) is 10.3 Å². The van der Waals surface area contributed by atoms with Crippen LogP contribution in [0.5, 0.6) is 11.5 Å². The van der Waals surface area contributed by atoms with E-state index >= 15 is 0 Å². The molecule has 0 spiro atoms. The van der Waals surface area contributed by atoms with Crippen molar-refractivity contribution in [3.05, 3.63) is 60.1 Å². The summed E-state index contributed by atoms with van der Waals surface area (Å²) in [7, 11) is -1.42. The molecule has 1 aromatic carbocycles. The molecule has 0 saturated heterocycles. The van der Waals surface area contributed by atoms with Crippen LogP contribution in [0.25, 0.3) is 17.3 Å². The fourth-order valence-corrected chi connectivity index (χ4v) is 4.44. The minimum absolute atomic E-state index is 0.165. The van der Waals surface area contributed by atoms with Gasteiger partial charge in [-0.3, -0.25) is 9.29 Å². The highest BCUT2D eigenvalue weighted by molar-refractivity contribution is 7.93. The standard InChI is InChI=1S/C22H23FN6O6S/c1-12-8-9-17(35-12)21-26-27-22(29(21)18-15(33-3)6-5-7-16(18)34-4)28-36(31,32)13(2)19(30)20-24-10-14(23)11-25-20/h5-11,13,19,30H,1-4H3,(H,27,28)/t13-,19+/m0/s1. The molecule has 36 heavy (non-hydrogen) atoms. The molecule has 0 aliphatic heterocycles. The van der Waals surface area contributed by atoms with E-state index in [1.807, 2.05) is 0 Å². The molecule has 4 rings (SSSR count). The summed E-state index contributed by atoms with van der Waals surface area (Å²) in [6.07, 6.45) is 0.00796. The topological polar surface area (TPSA) is 154 Å². The number of hydrogen-bond acceptors (Lipinski definition) is 10. The largest absolute Gasteiger partial charge is 0.494 e. The zero-order chi connectivity index (χ0) is 26.0. The Morgan fingerprint density at radius 3 is 2.28 bits per heavy atom. The first-order valence-corrected chi connectivity index (χ1v) is 12.1. The maximum Gasteiger partial charge on any atom is 0.243 e. The molecule has 2 N–H and O–H groups in total. The summed E-state index contributed by atoms with van der Waals surface area (Å²) in [6.45, 7) is 3.00. The highest BCUT2D eigenvalue weighted by Gasteiger charge is 2.34. The molecular formula is C22H23FN6O6S. The van der Waals surface area contributed by atoms with Crippen molar-refractivity contribution in [2.75, 3.05) is 18.9 Å². The van der Waals surface area contributed by atoms with Crippen LogP contribution in [-0.2, 0) is 10.0 Å². The van der Waals surface area contributed by atoms with Crippen molar-refractivity contribution < 1.29 is 31.8 Å². The van der Waals surface area contributed by atoms with Gasteiger partial charge in [-0.25, -0.2) is 22.8 Å². The van der Waals surface area contributed by atoms with Gasteiger partial charge in [-0.2, -0.15) is 0 Å². The monoisotopic (exact) mass is 518 g/mol. The molecule has 0 unspecified atom stereocenters. The number of para-hydroxylation sites is 1. The minimum atomic E-state index is -4.31. The number of aromatic nitrogens is 5. The molecule has 0 aliphatic rings. The predicted octanol–water partition coefficient (Wildman–Crippen LogP) is 2.65. The number of ether oxygens (including phenoxy) is 2. The number of aliphatic hydroxyl groups is 1. The van der Waals surface area contributed by atoms with Gasteiger partial charge in [0.1, 0.15) is 34.3 Å². The summed E-state index contributed by atoms with van der Waals surface area (Å²) in [5.74, 6) is 0.558. The zero-order valence-corrected chi connectivity index (χ0v) is 20.5. The van der Waals surface area contributed by atoms with E-state index in [0.29, 0.717) is 28.7 Å². The highest BCUT2D eigenvalue weighted by Crippen LogP contribution is 2.38. The smallest absolute Gasteiger partial charge is 0.243 e. The van der Waals surface area contributed by atoms with Gasteiger partial charge in [0.2, 0.25) is 21.8 Å². The SMILES string of the molecule is COc1cccc(OC)c1-n1c(NS(=O)(=O)[C@@H](C)[C@@H](O)c2ncc(F)cn2)nnc1-c1ccc(C)o1. The maximum atomic E-state index is 13.3. The number of nitrogens with one attached hydrogen (secondary N) is 1. The van der Waals surface area contributed by atoms with E-state index in [1.165, 1.54) is 25.7 Å². The number of halogens is 1. The molecule has 0 aliphatic carbocycles. The van der Waals surface area contributed by atoms with Crippen molar-refractivity contribution in [2.45, 2.75) is 25.2 Å². The van der Waals surface area contributed by atoms with E-state index in [0.717, 1.165) is 12.4 Å². The van der Waals surface area contributed by atoms with E-state index in [-0.39, 0.29) is 17.6 Å². The number of sulfonamides is 1. The summed E-state index contributed by atoms with van der Waals surface area (Å²) in [6, 6.07) is 8.40. The fraction of sp³-hybridized carbons (Fsp3) is 0.273. The third-order valence-electron chi connectivity index (χ3n) is 5.32. The Morgan fingerprint density at radius 2 is 1.72 bits per heavy atom. The second kappa shape index (κ2) is 9.91. The molecule has 0 fully saturated rings. The first-order valence-electron chi connectivity index (χ1n) is 10.6. The predicted molar refractivity (Wildman–Crippen MR) is 126 cm³/mol. The third kappa shape index (κ3) is 4.72. The molecule has 0 saturated carbocycles. The number of aryl methyl sites for hydroxylation is 1. The Labute approximate surface area is 205 Å². The van der Waals surface area contributed by atoms with Crippen molar-refractivity contribution in [2.24, 2.45) is 0 Å². The van der Waals surface area contributed by atoms with Crippen molar-refractivity contribution in [1.29, 1.82) is 0 Å². The summed E-state index contributed by atoms with van der Waals surface area (Å²) in [5, 5.41) is 17.3. The summed E-state index contributed by atoms with van der Waals surface area (Å²) in [5.41, 5.74) is 0.310. The van der Waals surface area contributed by atoms with Gasteiger partial charge in [0, 0.05) is 0 Å². The molecular weight excluding hydrogens is 495 g/mol. The van der Waals surface area contributed by atoms with Gasteiger partial charge in [0.25, 0.3) is 0 Å². The van der Waals surface area contributed by atoms with E-state index in [4.69, 9.17) is 13.9 Å². The number of methoxy groups -OCH3 is 2. The van der Waals surface area contributed by atoms with E-state index in [2.05, 4.69) is 24.9 Å². The average Bonchev–Trinajstić information content (AvgIpc) is 3.48. The van der Waals surface area contributed by atoms with Gasteiger partial charge in [-0.15, -0.1) is 10.2 Å². The molecule has 0 radical (unpaired) electrons. The minimum Gasteiger partial charge on any atom is -0.494 e. The second-order valence-corrected chi connectivity index (χ2v) is 9.70. The lowest BCUT2D eigenvalue weighted by Gasteiger charge is -2.20. The van der Waals surface area contributed by atoms with Gasteiger partial charge in [0.15, 0.2) is 17.4 Å². The van der Waals surface area contributed by atoms with Gasteiger partial charge in [-0.1, -0.05) is 6.07 Å². The fourth-order valence-electron chi connectivity index (χ4n) is 3.40. The van der Waals surface area contributed by atoms with Crippen molar-refractivity contribution in [3.8, 4) is 28.8 Å². The zero-order valence-electron chi connectivity index (χ0n) is 19.7. The second-order valence-electron chi connectivity index (χ2n) is 7.66. The number of anilines is 1. The first kappa shape index (κ1) is 25.1. The molecule has 3 aromatic heterocycles. The molecule has 3 heterocycles. The number of hydrogen-bond donors (Lipinski definition) is 2. The lowest BCUT2D eigenvalue weighted by Crippen LogP contribution is -2.32. The molecule has 0 bridgehead atoms. The quantitative estimate of drug-likeness (QED) is 0.338. The molecule has 14 heteroatoms. The van der Waals surface area contributed by atoms with Crippen molar-refractivity contribution in [1.82, 2.24) is 24.7 Å². The third-order valence-corrected chi connectivity index (χ3v) is 7.03. The van der Waals surface area contributed by atoms with Gasteiger partial charge < -0.3 is 19.0 Å². The molecule has 4 aromatic rings. The Hall–Kier alpha value is -4.04. The van der Waals surface area contributed by atoms with Crippen LogP contribution >= 0.6 is 0 Å². The molecule has 190 valence electrons. The molecule has 2 atom stereocenters. The van der Waals surface area contributed by atoms with Gasteiger partial charge >= 0.3 is 0 Å². The maximum absolute atomic E-state index is 13.3. The Balaban J connectivity index is 1.81. The average molecular weight is 519 g/mol. The normalized spacial score (nSPS) is 13.3. The van der Waals surface area contributed by atoms with Crippen LogP contribution in [0.2, 0.25) is 0 Å². The highest BCUT2D eigenvalue weighted by atomic mass is 32.2. The number of furan rings is 1. The number of rotatable bonds is 9. The number of aliphatic hydroxyl groups excluding tert-OH is 1. The molecule has 0 amide bonds. The Bertz CT molecular complexity index is 1450. The summed E-state index contributed by atoms with van der Waals surface area (Å²) < 4.78 is 60.1. The summed E-state index contributed by atoms with van der Waals surface area (Å²) >= 11 is 0. The van der Waals surface area contributed by atoms with Crippen LogP contribution in [-0.4, -0.2) is 57.7 Å². The lowest BCUT2D eigenvalue weighted by atomic mass is 10.2. The molecule has 12 nitrogen and oxygen atoms in total. The number of nitrogens with zero attached hydrogens (tertiary/aromatic N) is 5. The van der Waals surface area contributed by atoms with Crippen LogP contribution in [0.15, 0.2) is 47.1 Å². The van der Waals surface area contributed by atoms with Crippen LogP contribution in [0, 0.1) is 12.7 Å². The lowest BCUT2D eigenvalue weighted by molar-refractivity contribution is 0.166. The van der Waals surface area contributed by atoms with Gasteiger partial charge in [0.05, 0.1) is 26.6 Å². The van der Waals surface area contributed by atoms with E-state index in [9.17, 15) is 17.9 Å². The summed E-state index contributed by atoms with van der Waals surface area (Å²) in [4.78, 5) is 7.34. The van der Waals surface area contributed by atoms with Crippen LogP contribution < -0.4 is 14.2 Å². The van der Waals surface area contributed by atoms with E-state index in [1.54, 1.807) is 37.3 Å². The Morgan fingerprint density at radius 1 is 1.08 bits per heavy atom. The number of benzene rings is 1. The van der Waals surface area contributed by atoms with Crippen molar-refractivity contribution in [3.63, 3.8) is 0 Å².